The van der Waals surface area contributed by atoms with E-state index in [0.29, 0.717) is 0 Å². The minimum atomic E-state index is 0.859. The molecule has 1 heterocycles. The third-order valence-corrected chi connectivity index (χ3v) is 9.40. The van der Waals surface area contributed by atoms with Gasteiger partial charge in [0.2, 0.25) is 0 Å². The molecule has 9 aromatic rings. The van der Waals surface area contributed by atoms with E-state index in [1.807, 2.05) is 24.3 Å². The van der Waals surface area contributed by atoms with E-state index in [4.69, 9.17) is 9.97 Å². The molecule has 0 spiro atoms. The monoisotopic (exact) mass is 666 g/mol. The molecule has 0 amide bonds. The Hall–Kier alpha value is -7.04. The SMILES string of the molecule is c1ccc(N(c2ccccc2)c2ccc(N(c3ccccc3)c3ccc(-c4nc5ccccc5nc4-c4ccc5ccccc5c4)cc3)cc2)cc1. The van der Waals surface area contributed by atoms with Gasteiger partial charge in [-0.3, -0.25) is 0 Å². The first-order valence-electron chi connectivity index (χ1n) is 17.5. The van der Waals surface area contributed by atoms with E-state index in [0.717, 1.165) is 67.7 Å². The Morgan fingerprint density at radius 3 is 1.10 bits per heavy atom. The second-order valence-electron chi connectivity index (χ2n) is 12.7. The molecule has 0 aliphatic heterocycles. The summed E-state index contributed by atoms with van der Waals surface area (Å²) in [6, 6.07) is 72.0. The molecular weight excluding hydrogens is 633 g/mol. The molecule has 0 fully saturated rings. The summed E-state index contributed by atoms with van der Waals surface area (Å²) in [6.45, 7) is 0. The van der Waals surface area contributed by atoms with E-state index in [1.54, 1.807) is 0 Å². The van der Waals surface area contributed by atoms with Crippen molar-refractivity contribution in [3.05, 3.63) is 206 Å². The number of benzene rings is 8. The predicted octanol–water partition coefficient (Wildman–Crippen LogP) is 13.1. The first-order valence-corrected chi connectivity index (χ1v) is 17.5. The Labute approximate surface area is 303 Å². The van der Waals surface area contributed by atoms with Crippen LogP contribution in [0.5, 0.6) is 0 Å². The molecule has 52 heavy (non-hydrogen) atoms. The van der Waals surface area contributed by atoms with Gasteiger partial charge in [-0.1, -0.05) is 115 Å². The highest BCUT2D eigenvalue weighted by molar-refractivity contribution is 5.92. The Morgan fingerprint density at radius 2 is 0.615 bits per heavy atom. The number of anilines is 6. The molecule has 0 radical (unpaired) electrons. The zero-order valence-electron chi connectivity index (χ0n) is 28.4. The average Bonchev–Trinajstić information content (AvgIpc) is 3.22. The highest BCUT2D eigenvalue weighted by Gasteiger charge is 2.18. The van der Waals surface area contributed by atoms with Crippen LogP contribution in [-0.2, 0) is 0 Å². The predicted molar refractivity (Wildman–Crippen MR) is 217 cm³/mol. The van der Waals surface area contributed by atoms with Gasteiger partial charge in [-0.15, -0.1) is 0 Å². The van der Waals surface area contributed by atoms with Crippen molar-refractivity contribution in [2.45, 2.75) is 0 Å². The van der Waals surface area contributed by atoms with Crippen LogP contribution in [0.3, 0.4) is 0 Å². The van der Waals surface area contributed by atoms with Gasteiger partial charge in [0.1, 0.15) is 0 Å². The molecule has 1 aromatic heterocycles. The molecule has 246 valence electrons. The standard InChI is InChI=1S/C48H34N4/c1-4-16-39(17-5-1)51(40-18-6-2-7-19-40)43-30-32-44(33-31-43)52(41-20-8-3-9-21-41)42-28-26-36(27-29-42)47-48(50-46-23-13-12-22-45(46)49-47)38-25-24-35-14-10-11-15-37(35)34-38/h1-34H. The van der Waals surface area contributed by atoms with Crippen LogP contribution in [-0.4, -0.2) is 9.97 Å². The third-order valence-electron chi connectivity index (χ3n) is 9.40. The Kier molecular flexibility index (Phi) is 8.16. The van der Waals surface area contributed by atoms with Gasteiger partial charge in [-0.2, -0.15) is 0 Å². The van der Waals surface area contributed by atoms with Gasteiger partial charge in [0.05, 0.1) is 22.4 Å². The number of hydrogen-bond donors (Lipinski definition) is 0. The molecule has 0 saturated carbocycles. The minimum Gasteiger partial charge on any atom is -0.311 e. The van der Waals surface area contributed by atoms with Crippen molar-refractivity contribution in [3.8, 4) is 22.5 Å². The van der Waals surface area contributed by atoms with E-state index in [-0.39, 0.29) is 0 Å². The smallest absolute Gasteiger partial charge is 0.0973 e. The van der Waals surface area contributed by atoms with E-state index < -0.39 is 0 Å². The van der Waals surface area contributed by atoms with Crippen LogP contribution in [0.2, 0.25) is 0 Å². The van der Waals surface area contributed by atoms with Crippen molar-refractivity contribution in [2.75, 3.05) is 9.80 Å². The van der Waals surface area contributed by atoms with Gasteiger partial charge < -0.3 is 9.80 Å². The maximum absolute atomic E-state index is 5.19. The fourth-order valence-electron chi connectivity index (χ4n) is 6.88. The molecule has 0 bridgehead atoms. The Balaban J connectivity index is 1.11. The lowest BCUT2D eigenvalue weighted by Crippen LogP contribution is -2.12. The number of fused-ring (bicyclic) bond motifs is 2. The summed E-state index contributed by atoms with van der Waals surface area (Å²) in [5.74, 6) is 0. The minimum absolute atomic E-state index is 0.859. The molecule has 8 aromatic carbocycles. The van der Waals surface area contributed by atoms with Crippen LogP contribution in [0, 0.1) is 0 Å². The van der Waals surface area contributed by atoms with Crippen molar-refractivity contribution in [1.29, 1.82) is 0 Å². The maximum Gasteiger partial charge on any atom is 0.0973 e. The fraction of sp³-hybridized carbons (Fsp3) is 0. The summed E-state index contributed by atoms with van der Waals surface area (Å²) in [5, 5.41) is 2.38. The van der Waals surface area contributed by atoms with Crippen molar-refractivity contribution in [2.24, 2.45) is 0 Å². The third kappa shape index (κ3) is 6.03. The van der Waals surface area contributed by atoms with E-state index in [2.05, 4.69) is 192 Å². The summed E-state index contributed by atoms with van der Waals surface area (Å²) >= 11 is 0. The molecule has 0 N–H and O–H groups in total. The summed E-state index contributed by atoms with van der Waals surface area (Å²) in [7, 11) is 0. The van der Waals surface area contributed by atoms with Crippen LogP contribution in [0.25, 0.3) is 44.3 Å². The average molecular weight is 667 g/mol. The maximum atomic E-state index is 5.19. The number of nitrogens with zero attached hydrogens (tertiary/aromatic N) is 4. The molecule has 0 aliphatic carbocycles. The lowest BCUT2D eigenvalue weighted by molar-refractivity contribution is 1.25. The number of rotatable bonds is 8. The summed E-state index contributed by atoms with van der Waals surface area (Å²) in [5.41, 5.74) is 12.0. The van der Waals surface area contributed by atoms with Gasteiger partial charge in [-0.25, -0.2) is 9.97 Å². The first kappa shape index (κ1) is 31.0. The number of hydrogen-bond acceptors (Lipinski definition) is 4. The van der Waals surface area contributed by atoms with Gasteiger partial charge in [-0.05, 0) is 102 Å². The van der Waals surface area contributed by atoms with Crippen LogP contribution in [0.1, 0.15) is 0 Å². The molecular formula is C48H34N4. The van der Waals surface area contributed by atoms with E-state index in [9.17, 15) is 0 Å². The fourth-order valence-corrected chi connectivity index (χ4v) is 6.88. The van der Waals surface area contributed by atoms with Gasteiger partial charge in [0.15, 0.2) is 0 Å². The first-order chi connectivity index (χ1) is 25.8. The van der Waals surface area contributed by atoms with E-state index in [1.165, 1.54) is 10.8 Å². The van der Waals surface area contributed by atoms with Crippen LogP contribution in [0.15, 0.2) is 206 Å². The summed E-state index contributed by atoms with van der Waals surface area (Å²) < 4.78 is 0. The Morgan fingerprint density at radius 1 is 0.269 bits per heavy atom. The quantitative estimate of drug-likeness (QED) is 0.162. The second-order valence-corrected chi connectivity index (χ2v) is 12.7. The van der Waals surface area contributed by atoms with Gasteiger partial charge in [0, 0.05) is 45.3 Å². The van der Waals surface area contributed by atoms with Crippen molar-refractivity contribution in [1.82, 2.24) is 9.97 Å². The molecule has 0 saturated heterocycles. The molecule has 4 heteroatoms. The molecule has 9 rings (SSSR count). The number of aromatic nitrogens is 2. The highest BCUT2D eigenvalue weighted by atomic mass is 15.2. The van der Waals surface area contributed by atoms with Gasteiger partial charge in [0.25, 0.3) is 0 Å². The van der Waals surface area contributed by atoms with Crippen molar-refractivity contribution in [3.63, 3.8) is 0 Å². The second kappa shape index (κ2) is 13.7. The zero-order valence-corrected chi connectivity index (χ0v) is 28.4. The van der Waals surface area contributed by atoms with Crippen molar-refractivity contribution >= 4 is 55.9 Å². The number of para-hydroxylation sites is 5. The van der Waals surface area contributed by atoms with Crippen LogP contribution in [0.4, 0.5) is 34.1 Å². The van der Waals surface area contributed by atoms with Crippen LogP contribution >= 0.6 is 0 Å². The van der Waals surface area contributed by atoms with E-state index >= 15 is 0 Å². The zero-order chi connectivity index (χ0) is 34.7. The molecule has 0 unspecified atom stereocenters. The lowest BCUT2D eigenvalue weighted by Gasteiger charge is -2.28. The summed E-state index contributed by atoms with van der Waals surface area (Å²) in [6.07, 6.45) is 0. The van der Waals surface area contributed by atoms with Crippen LogP contribution < -0.4 is 9.80 Å². The van der Waals surface area contributed by atoms with Gasteiger partial charge >= 0.3 is 0 Å². The lowest BCUT2D eigenvalue weighted by atomic mass is 10.00. The normalized spacial score (nSPS) is 11.1. The summed E-state index contributed by atoms with van der Waals surface area (Å²) in [4.78, 5) is 14.9. The topological polar surface area (TPSA) is 32.3 Å². The van der Waals surface area contributed by atoms with Crippen molar-refractivity contribution < 1.29 is 0 Å². The Bertz CT molecular complexity index is 2570. The molecule has 0 atom stereocenters. The highest BCUT2D eigenvalue weighted by Crippen LogP contribution is 2.40. The largest absolute Gasteiger partial charge is 0.311 e. The molecule has 0 aliphatic rings. The molecule has 4 nitrogen and oxygen atoms in total.